The molecule has 0 aliphatic heterocycles. The van der Waals surface area contributed by atoms with Crippen LogP contribution in [0.4, 0.5) is 8.78 Å². The van der Waals surface area contributed by atoms with Gasteiger partial charge >= 0.3 is 0 Å². The highest BCUT2D eigenvalue weighted by Crippen LogP contribution is 2.35. The molecule has 0 atom stereocenters. The summed E-state index contributed by atoms with van der Waals surface area (Å²) in [6.07, 6.45) is 6.46. The second-order valence-corrected chi connectivity index (χ2v) is 5.90. The van der Waals surface area contributed by atoms with Crippen LogP contribution in [-0.4, -0.2) is 32.9 Å². The molecule has 3 rings (SSSR count). The maximum atomic E-state index is 13.3. The first-order valence-electron chi connectivity index (χ1n) is 7.76. The van der Waals surface area contributed by atoms with Crippen LogP contribution in [0.3, 0.4) is 0 Å². The minimum atomic E-state index is -2.60. The van der Waals surface area contributed by atoms with Crippen molar-refractivity contribution in [2.45, 2.75) is 44.1 Å². The number of hydrogen-bond donors (Lipinski definition) is 2. The van der Waals surface area contributed by atoms with E-state index >= 15 is 0 Å². The zero-order chi connectivity index (χ0) is 17.2. The number of nitrogens with one attached hydrogen (secondary N) is 1. The Bertz CT molecular complexity index is 763. The van der Waals surface area contributed by atoms with E-state index in [9.17, 15) is 13.6 Å². The molecule has 1 fully saturated rings. The van der Waals surface area contributed by atoms with Crippen molar-refractivity contribution >= 4 is 16.9 Å². The largest absolute Gasteiger partial charge is 0.474 e. The fourth-order valence-electron chi connectivity index (χ4n) is 2.84. The molecule has 1 aliphatic rings. The smallest absolute Gasteiger partial charge is 0.248 e. The van der Waals surface area contributed by atoms with Crippen molar-refractivity contribution in [2.24, 2.45) is 5.73 Å². The van der Waals surface area contributed by atoms with E-state index < -0.39 is 11.8 Å². The average Bonchev–Trinajstić information content (AvgIpc) is 2.93. The Labute approximate surface area is 137 Å². The Morgan fingerprint density at radius 3 is 2.88 bits per heavy atom. The van der Waals surface area contributed by atoms with Gasteiger partial charge in [-0.1, -0.05) is 6.08 Å². The van der Waals surface area contributed by atoms with Crippen LogP contribution < -0.4 is 10.5 Å². The van der Waals surface area contributed by atoms with Crippen LogP contribution in [0, 0.1) is 0 Å². The van der Waals surface area contributed by atoms with E-state index in [4.69, 9.17) is 10.5 Å². The number of carbonyl (C=O) groups is 1. The van der Waals surface area contributed by atoms with Crippen molar-refractivity contribution in [2.75, 3.05) is 0 Å². The average molecular weight is 336 g/mol. The third kappa shape index (κ3) is 3.69. The lowest BCUT2D eigenvalue weighted by molar-refractivity contribution is -0.113. The van der Waals surface area contributed by atoms with Crippen molar-refractivity contribution in [1.82, 2.24) is 15.0 Å². The summed E-state index contributed by atoms with van der Waals surface area (Å²) < 4.78 is 32.4. The monoisotopic (exact) mass is 336 g/mol. The molecule has 0 saturated heterocycles. The molecule has 8 heteroatoms. The van der Waals surface area contributed by atoms with Crippen molar-refractivity contribution < 1.29 is 18.3 Å². The third-order valence-electron chi connectivity index (χ3n) is 4.08. The molecule has 2 aromatic rings. The number of H-pyrrole nitrogens is 1. The predicted octanol–water partition coefficient (Wildman–Crippen LogP) is 2.50. The van der Waals surface area contributed by atoms with Crippen molar-refractivity contribution in [1.29, 1.82) is 0 Å². The number of primary amides is 1. The van der Waals surface area contributed by atoms with Gasteiger partial charge in [-0.25, -0.2) is 18.7 Å². The molecule has 24 heavy (non-hydrogen) atoms. The fourth-order valence-corrected chi connectivity index (χ4v) is 2.84. The van der Waals surface area contributed by atoms with Gasteiger partial charge in [0.25, 0.3) is 0 Å². The molecule has 1 aliphatic carbocycles. The summed E-state index contributed by atoms with van der Waals surface area (Å²) in [5.41, 5.74) is 6.52. The Morgan fingerprint density at radius 2 is 2.17 bits per heavy atom. The van der Waals surface area contributed by atoms with Crippen molar-refractivity contribution in [3.63, 3.8) is 0 Å². The topological polar surface area (TPSA) is 93.9 Å². The number of hydrogen-bond acceptors (Lipinski definition) is 4. The second kappa shape index (κ2) is 6.54. The summed E-state index contributed by atoms with van der Waals surface area (Å²) >= 11 is 0. The summed E-state index contributed by atoms with van der Waals surface area (Å²) in [5, 5.41) is 0.698. The first kappa shape index (κ1) is 16.4. The number of aromatic nitrogens is 3. The maximum absolute atomic E-state index is 13.3. The molecular weight excluding hydrogens is 318 g/mol. The van der Waals surface area contributed by atoms with E-state index in [1.54, 1.807) is 12.3 Å². The molecule has 128 valence electrons. The minimum Gasteiger partial charge on any atom is -0.474 e. The second-order valence-electron chi connectivity index (χ2n) is 5.90. The van der Waals surface area contributed by atoms with Crippen LogP contribution in [0.1, 0.15) is 31.2 Å². The highest BCUT2D eigenvalue weighted by Gasteiger charge is 2.36. The highest BCUT2D eigenvalue weighted by molar-refractivity contribution is 5.87. The molecule has 1 amide bonds. The number of aromatic amines is 1. The normalized spacial score (nSPS) is 18.2. The van der Waals surface area contributed by atoms with Gasteiger partial charge in [0.1, 0.15) is 18.1 Å². The number of allylic oxidation sites excluding steroid dienone is 1. The number of nitrogens with two attached hydrogens (primary N) is 1. The molecule has 0 aromatic carbocycles. The van der Waals surface area contributed by atoms with Gasteiger partial charge in [-0.3, -0.25) is 4.79 Å². The predicted molar refractivity (Wildman–Crippen MR) is 83.8 cm³/mol. The first-order chi connectivity index (χ1) is 11.4. The van der Waals surface area contributed by atoms with Crippen molar-refractivity contribution in [3.05, 3.63) is 30.2 Å². The number of amides is 1. The zero-order valence-corrected chi connectivity index (χ0v) is 13.0. The standard InChI is InChI=1S/C16H18F2N4O2/c17-16(18)6-4-11(5-7-16)24-15-13-10(2-1-3-12(19)23)8-20-14(13)21-9-22-15/h1,3,8-9,11H,2,4-7H2,(H2,19,23)(H,20,21,22). The Morgan fingerprint density at radius 1 is 1.42 bits per heavy atom. The molecule has 2 aromatic heterocycles. The quantitative estimate of drug-likeness (QED) is 0.820. The molecule has 2 heterocycles. The SMILES string of the molecule is NC(=O)C=CCc1c[nH]c2ncnc(OC3CCC(F)(F)CC3)c12. The number of ether oxygens (including phenoxy) is 1. The van der Waals surface area contributed by atoms with Gasteiger partial charge in [-0.2, -0.15) is 0 Å². The Balaban J connectivity index is 1.80. The number of nitrogens with zero attached hydrogens (tertiary/aromatic N) is 2. The molecule has 6 nitrogen and oxygen atoms in total. The summed E-state index contributed by atoms with van der Waals surface area (Å²) in [6.45, 7) is 0. The molecule has 0 bridgehead atoms. The number of rotatable bonds is 5. The van der Waals surface area contributed by atoms with E-state index in [-0.39, 0.29) is 18.9 Å². The van der Waals surface area contributed by atoms with Gasteiger partial charge in [-0.15, -0.1) is 0 Å². The van der Waals surface area contributed by atoms with E-state index in [0.29, 0.717) is 36.2 Å². The minimum absolute atomic E-state index is 0.173. The van der Waals surface area contributed by atoms with Gasteiger partial charge in [0.2, 0.25) is 17.7 Å². The Hall–Kier alpha value is -2.51. The zero-order valence-electron chi connectivity index (χ0n) is 13.0. The molecular formula is C16H18F2N4O2. The third-order valence-corrected chi connectivity index (χ3v) is 4.08. The lowest BCUT2D eigenvalue weighted by Crippen LogP contribution is -2.31. The van der Waals surface area contributed by atoms with Gasteiger partial charge in [0.05, 0.1) is 5.39 Å². The van der Waals surface area contributed by atoms with E-state index in [0.717, 1.165) is 5.56 Å². The molecule has 0 radical (unpaired) electrons. The number of carbonyl (C=O) groups excluding carboxylic acids is 1. The van der Waals surface area contributed by atoms with Crippen LogP contribution in [0.5, 0.6) is 5.88 Å². The van der Waals surface area contributed by atoms with E-state index in [1.165, 1.54) is 12.4 Å². The molecule has 3 N–H and O–H groups in total. The van der Waals surface area contributed by atoms with Crippen LogP contribution in [-0.2, 0) is 11.2 Å². The van der Waals surface area contributed by atoms with E-state index in [2.05, 4.69) is 15.0 Å². The number of halogens is 2. The van der Waals surface area contributed by atoms with Crippen LogP contribution >= 0.6 is 0 Å². The molecule has 0 unspecified atom stereocenters. The summed E-state index contributed by atoms with van der Waals surface area (Å²) in [4.78, 5) is 22.1. The first-order valence-corrected chi connectivity index (χ1v) is 7.76. The lowest BCUT2D eigenvalue weighted by Gasteiger charge is -2.28. The van der Waals surface area contributed by atoms with Crippen LogP contribution in [0.15, 0.2) is 24.7 Å². The molecule has 0 spiro atoms. The van der Waals surface area contributed by atoms with Gasteiger partial charge < -0.3 is 15.5 Å². The van der Waals surface area contributed by atoms with Gasteiger partial charge in [0.15, 0.2) is 0 Å². The maximum Gasteiger partial charge on any atom is 0.248 e. The van der Waals surface area contributed by atoms with Crippen molar-refractivity contribution in [3.8, 4) is 5.88 Å². The van der Waals surface area contributed by atoms with E-state index in [1.807, 2.05) is 0 Å². The summed E-state index contributed by atoms with van der Waals surface area (Å²) in [5.74, 6) is -2.75. The molecule has 1 saturated carbocycles. The van der Waals surface area contributed by atoms with Crippen LogP contribution in [0.25, 0.3) is 11.0 Å². The lowest BCUT2D eigenvalue weighted by atomic mass is 9.94. The van der Waals surface area contributed by atoms with Gasteiger partial charge in [-0.05, 0) is 30.9 Å². The number of fused-ring (bicyclic) bond motifs is 1. The highest BCUT2D eigenvalue weighted by atomic mass is 19.3. The Kier molecular flexibility index (Phi) is 4.46. The number of alkyl halides is 2. The summed E-state index contributed by atoms with van der Waals surface area (Å²) in [7, 11) is 0. The fraction of sp³-hybridized carbons (Fsp3) is 0.438. The van der Waals surface area contributed by atoms with Gasteiger partial charge in [0, 0.05) is 19.0 Å². The van der Waals surface area contributed by atoms with Crippen LogP contribution in [0.2, 0.25) is 0 Å². The summed E-state index contributed by atoms with van der Waals surface area (Å²) in [6, 6.07) is 0.